The lowest BCUT2D eigenvalue weighted by Gasteiger charge is -2.13. The summed E-state index contributed by atoms with van der Waals surface area (Å²) >= 11 is 0. The molecule has 0 amide bonds. The van der Waals surface area contributed by atoms with Gasteiger partial charge in [-0.05, 0) is 29.2 Å². The number of esters is 3. The van der Waals surface area contributed by atoms with E-state index in [1.54, 1.807) is 12.1 Å². The summed E-state index contributed by atoms with van der Waals surface area (Å²) in [7, 11) is 4.66. The zero-order valence-corrected chi connectivity index (χ0v) is 21.1. The number of rotatable bonds is 7. The Kier molecular flexibility index (Phi) is 8.79. The van der Waals surface area contributed by atoms with E-state index in [-0.39, 0.29) is 33.5 Å². The van der Waals surface area contributed by atoms with Crippen molar-refractivity contribution in [2.24, 2.45) is 0 Å². The molecular formula is C28H24N2O8. The van der Waals surface area contributed by atoms with Crippen LogP contribution in [0.1, 0.15) is 59.0 Å². The van der Waals surface area contributed by atoms with Crippen LogP contribution in [-0.4, -0.2) is 57.0 Å². The van der Waals surface area contributed by atoms with Gasteiger partial charge in [0, 0.05) is 11.8 Å². The van der Waals surface area contributed by atoms with E-state index in [9.17, 15) is 24.4 Å². The van der Waals surface area contributed by atoms with Gasteiger partial charge in [0.1, 0.15) is 11.8 Å². The zero-order chi connectivity index (χ0) is 27.8. The highest BCUT2D eigenvalue weighted by atomic mass is 16.5. The number of hydrogen-bond donors (Lipinski definition) is 0. The number of aromatic nitrogens is 1. The molecule has 0 unspecified atom stereocenters. The molecule has 0 radical (unpaired) electrons. The Labute approximate surface area is 218 Å². The number of methoxy groups -OCH3 is 4. The molecule has 2 aromatic carbocycles. The molecule has 3 rings (SSSR count). The predicted octanol–water partition coefficient (Wildman–Crippen LogP) is 4.10. The second-order valence-corrected chi connectivity index (χ2v) is 7.83. The normalized spacial score (nSPS) is 10.5. The fourth-order valence-electron chi connectivity index (χ4n) is 3.88. The van der Waals surface area contributed by atoms with Gasteiger partial charge in [-0.15, -0.1) is 0 Å². The first-order valence-corrected chi connectivity index (χ1v) is 11.2. The van der Waals surface area contributed by atoms with Crippen LogP contribution in [0.25, 0.3) is 12.2 Å². The van der Waals surface area contributed by atoms with Crippen molar-refractivity contribution in [3.63, 3.8) is 0 Å². The van der Waals surface area contributed by atoms with Crippen molar-refractivity contribution >= 4 is 36.2 Å². The molecule has 0 aliphatic heterocycles. The van der Waals surface area contributed by atoms with Crippen LogP contribution in [0.4, 0.5) is 4.79 Å². The third-order valence-corrected chi connectivity index (χ3v) is 5.63. The van der Waals surface area contributed by atoms with Gasteiger partial charge >= 0.3 is 24.0 Å². The summed E-state index contributed by atoms with van der Waals surface area (Å²) in [6, 6.07) is 14.6. The van der Waals surface area contributed by atoms with Crippen molar-refractivity contribution in [3.8, 4) is 6.07 Å². The van der Waals surface area contributed by atoms with Gasteiger partial charge in [-0.3, -0.25) is 0 Å². The van der Waals surface area contributed by atoms with Crippen LogP contribution in [0.5, 0.6) is 0 Å². The first-order chi connectivity index (χ1) is 18.3. The summed E-state index contributed by atoms with van der Waals surface area (Å²) in [4.78, 5) is 50.1. The SMILES string of the molecule is COC(=O)c1cn(C(=O)OC)c(C#N)c1/C=C\c1cc(Cc2ccccc2)cc(C(=O)OC)c1C(=O)OC. The highest BCUT2D eigenvalue weighted by Gasteiger charge is 2.25. The second kappa shape index (κ2) is 12.2. The van der Waals surface area contributed by atoms with E-state index in [1.807, 2.05) is 36.4 Å². The summed E-state index contributed by atoms with van der Waals surface area (Å²) in [5.41, 5.74) is 1.58. The monoisotopic (exact) mass is 516 g/mol. The van der Waals surface area contributed by atoms with Crippen molar-refractivity contribution < 1.29 is 38.1 Å². The van der Waals surface area contributed by atoms with Crippen LogP contribution >= 0.6 is 0 Å². The minimum absolute atomic E-state index is 0.0201. The second-order valence-electron chi connectivity index (χ2n) is 7.83. The van der Waals surface area contributed by atoms with Crippen molar-refractivity contribution in [2.75, 3.05) is 28.4 Å². The molecule has 10 nitrogen and oxygen atoms in total. The van der Waals surface area contributed by atoms with E-state index in [0.717, 1.165) is 30.5 Å². The lowest BCUT2D eigenvalue weighted by molar-refractivity contribution is 0.0555. The molecule has 0 aliphatic rings. The van der Waals surface area contributed by atoms with Crippen molar-refractivity contribution in [3.05, 3.63) is 93.3 Å². The Bertz CT molecular complexity index is 1460. The van der Waals surface area contributed by atoms with Crippen LogP contribution in [0.2, 0.25) is 0 Å². The van der Waals surface area contributed by atoms with Gasteiger partial charge in [0.2, 0.25) is 0 Å². The summed E-state index contributed by atoms with van der Waals surface area (Å²) in [6.45, 7) is 0. The number of ether oxygens (including phenoxy) is 4. The van der Waals surface area contributed by atoms with E-state index in [2.05, 4.69) is 0 Å². The zero-order valence-electron chi connectivity index (χ0n) is 21.1. The molecule has 194 valence electrons. The molecule has 0 fully saturated rings. The molecule has 1 heterocycles. The third kappa shape index (κ3) is 5.63. The topological polar surface area (TPSA) is 134 Å². The average Bonchev–Trinajstić information content (AvgIpc) is 3.33. The van der Waals surface area contributed by atoms with Crippen LogP contribution in [-0.2, 0) is 25.4 Å². The Morgan fingerprint density at radius 2 is 1.45 bits per heavy atom. The first kappa shape index (κ1) is 27.4. The molecule has 0 atom stereocenters. The average molecular weight is 517 g/mol. The van der Waals surface area contributed by atoms with Crippen molar-refractivity contribution in [1.82, 2.24) is 4.57 Å². The number of nitrogens with zero attached hydrogens (tertiary/aromatic N) is 2. The maximum Gasteiger partial charge on any atom is 0.418 e. The molecule has 0 bridgehead atoms. The molecule has 3 aromatic rings. The van der Waals surface area contributed by atoms with Crippen LogP contribution in [0.15, 0.2) is 48.7 Å². The lowest BCUT2D eigenvalue weighted by Crippen LogP contribution is -2.14. The number of benzene rings is 2. The maximum absolute atomic E-state index is 12.8. The van der Waals surface area contributed by atoms with Gasteiger partial charge in [-0.25, -0.2) is 23.7 Å². The summed E-state index contributed by atoms with van der Waals surface area (Å²) in [5.74, 6) is -2.35. The van der Waals surface area contributed by atoms with Crippen LogP contribution in [0, 0.1) is 11.3 Å². The predicted molar refractivity (Wildman–Crippen MR) is 136 cm³/mol. The molecule has 38 heavy (non-hydrogen) atoms. The Balaban J connectivity index is 2.27. The van der Waals surface area contributed by atoms with Gasteiger partial charge in [0.15, 0.2) is 0 Å². The Hall–Kier alpha value is -5.17. The van der Waals surface area contributed by atoms with E-state index >= 15 is 0 Å². The third-order valence-electron chi connectivity index (χ3n) is 5.63. The molecule has 1 aromatic heterocycles. The van der Waals surface area contributed by atoms with Crippen LogP contribution in [0.3, 0.4) is 0 Å². The van der Waals surface area contributed by atoms with E-state index in [0.29, 0.717) is 12.0 Å². The lowest BCUT2D eigenvalue weighted by atomic mass is 9.93. The van der Waals surface area contributed by atoms with E-state index < -0.39 is 24.0 Å². The standard InChI is InChI=1S/C28H24N2O8/c1-35-25(31)21-14-18(12-17-8-6-5-7-9-17)13-19(24(21)27(33)37-3)10-11-20-22(26(32)36-2)16-30(23(20)15-29)28(34)38-4/h5-11,13-14,16H,12H2,1-4H3/b11-10-. The van der Waals surface area contributed by atoms with Gasteiger partial charge in [-0.1, -0.05) is 48.6 Å². The first-order valence-electron chi connectivity index (χ1n) is 11.2. The molecular weight excluding hydrogens is 492 g/mol. The summed E-state index contributed by atoms with van der Waals surface area (Å²) in [6.07, 6.45) is 3.49. The number of carbonyl (C=O) groups is 4. The number of nitriles is 1. The fourth-order valence-corrected chi connectivity index (χ4v) is 3.88. The summed E-state index contributed by atoms with van der Waals surface area (Å²) in [5, 5.41) is 9.75. The Morgan fingerprint density at radius 3 is 2.03 bits per heavy atom. The van der Waals surface area contributed by atoms with Crippen LogP contribution < -0.4 is 0 Å². The van der Waals surface area contributed by atoms with E-state index in [4.69, 9.17) is 18.9 Å². The van der Waals surface area contributed by atoms with Gasteiger partial charge in [0.25, 0.3) is 0 Å². The molecule has 0 N–H and O–H groups in total. The van der Waals surface area contributed by atoms with Gasteiger partial charge in [-0.2, -0.15) is 5.26 Å². The maximum atomic E-state index is 12.8. The molecule has 10 heteroatoms. The van der Waals surface area contributed by atoms with Crippen molar-refractivity contribution in [2.45, 2.75) is 6.42 Å². The molecule has 0 saturated carbocycles. The minimum Gasteiger partial charge on any atom is -0.465 e. The minimum atomic E-state index is -0.889. The Morgan fingerprint density at radius 1 is 0.816 bits per heavy atom. The fraction of sp³-hybridized carbons (Fsp3) is 0.179. The van der Waals surface area contributed by atoms with Crippen molar-refractivity contribution in [1.29, 1.82) is 5.26 Å². The van der Waals surface area contributed by atoms with Gasteiger partial charge in [0.05, 0.1) is 45.1 Å². The highest BCUT2D eigenvalue weighted by Crippen LogP contribution is 2.27. The van der Waals surface area contributed by atoms with Gasteiger partial charge < -0.3 is 18.9 Å². The number of carbonyl (C=O) groups excluding carboxylic acids is 4. The number of hydrogen-bond acceptors (Lipinski definition) is 9. The highest BCUT2D eigenvalue weighted by molar-refractivity contribution is 6.07. The molecule has 0 spiro atoms. The molecule has 0 saturated heterocycles. The summed E-state index contributed by atoms with van der Waals surface area (Å²) < 4.78 is 20.2. The largest absolute Gasteiger partial charge is 0.465 e. The van der Waals surface area contributed by atoms with E-state index in [1.165, 1.54) is 26.4 Å². The quantitative estimate of drug-likeness (QED) is 0.336. The smallest absolute Gasteiger partial charge is 0.418 e. The molecule has 0 aliphatic carbocycles.